The van der Waals surface area contributed by atoms with Gasteiger partial charge in [-0.3, -0.25) is 0 Å². The maximum atomic E-state index is 5.53. The van der Waals surface area contributed by atoms with E-state index in [0.717, 1.165) is 35.7 Å². The largest absolute Gasteiger partial charge is 0.361 e. The van der Waals surface area contributed by atoms with Crippen molar-refractivity contribution in [1.29, 1.82) is 0 Å². The Kier molecular flexibility index (Phi) is 5.46. The lowest BCUT2D eigenvalue weighted by Crippen LogP contribution is -2.15. The highest BCUT2D eigenvalue weighted by Gasteiger charge is 2.15. The predicted octanol–water partition coefficient (Wildman–Crippen LogP) is 2.91. The van der Waals surface area contributed by atoms with Crippen molar-refractivity contribution < 1.29 is 0 Å². The molecule has 0 amide bonds. The molecule has 0 spiro atoms. The standard InChI is InChI=1S/C14H22N6S/c1-4-6-11-12(17-8-18-13(11)20-15)19-9(3)14-16-7-10(5-2)21-14/h7-9H,4-6,15H2,1-3H3,(H2,17,18,19,20). The molecule has 0 fully saturated rings. The first-order valence-corrected chi connectivity index (χ1v) is 8.02. The molecule has 1 atom stereocenters. The predicted molar refractivity (Wildman–Crippen MR) is 87.4 cm³/mol. The number of anilines is 2. The van der Waals surface area contributed by atoms with Crippen molar-refractivity contribution in [1.82, 2.24) is 15.0 Å². The van der Waals surface area contributed by atoms with Crippen LogP contribution in [0.1, 0.15) is 48.7 Å². The topological polar surface area (TPSA) is 88.8 Å². The van der Waals surface area contributed by atoms with Gasteiger partial charge in [-0.2, -0.15) is 0 Å². The zero-order valence-corrected chi connectivity index (χ0v) is 13.5. The number of thiazole rings is 1. The fourth-order valence-corrected chi connectivity index (χ4v) is 2.96. The van der Waals surface area contributed by atoms with E-state index in [0.29, 0.717) is 5.82 Å². The van der Waals surface area contributed by atoms with Crippen LogP contribution in [0.5, 0.6) is 0 Å². The zero-order chi connectivity index (χ0) is 15.2. The number of hydrogen-bond donors (Lipinski definition) is 3. The Hall–Kier alpha value is -1.73. The number of nitrogen functional groups attached to an aromatic ring is 1. The lowest BCUT2D eigenvalue weighted by atomic mass is 10.1. The Morgan fingerprint density at radius 2 is 2.00 bits per heavy atom. The van der Waals surface area contributed by atoms with Crippen LogP contribution in [0, 0.1) is 0 Å². The highest BCUT2D eigenvalue weighted by Crippen LogP contribution is 2.27. The Balaban J connectivity index is 2.21. The van der Waals surface area contributed by atoms with Gasteiger partial charge in [0.1, 0.15) is 23.0 Å². The summed E-state index contributed by atoms with van der Waals surface area (Å²) in [5.41, 5.74) is 3.66. The number of aryl methyl sites for hydroxylation is 1. The second kappa shape index (κ2) is 7.33. The lowest BCUT2D eigenvalue weighted by Gasteiger charge is -2.16. The minimum atomic E-state index is 0.103. The molecule has 0 aliphatic carbocycles. The third-order valence-corrected chi connectivity index (χ3v) is 4.55. The van der Waals surface area contributed by atoms with Gasteiger partial charge in [0.2, 0.25) is 0 Å². The van der Waals surface area contributed by atoms with Crippen LogP contribution in [-0.2, 0) is 12.8 Å². The quantitative estimate of drug-likeness (QED) is 0.538. The number of nitrogens with one attached hydrogen (secondary N) is 2. The van der Waals surface area contributed by atoms with Crippen molar-refractivity contribution >= 4 is 23.0 Å². The van der Waals surface area contributed by atoms with Crippen LogP contribution in [-0.4, -0.2) is 15.0 Å². The summed E-state index contributed by atoms with van der Waals surface area (Å²) in [4.78, 5) is 14.3. The van der Waals surface area contributed by atoms with Crippen LogP contribution in [0.2, 0.25) is 0 Å². The number of hydrazine groups is 1. The summed E-state index contributed by atoms with van der Waals surface area (Å²) in [6, 6.07) is 0.103. The zero-order valence-electron chi connectivity index (χ0n) is 12.7. The minimum absolute atomic E-state index is 0.103. The van der Waals surface area contributed by atoms with Crippen LogP contribution >= 0.6 is 11.3 Å². The average Bonchev–Trinajstić information content (AvgIpc) is 2.98. The summed E-state index contributed by atoms with van der Waals surface area (Å²) in [6.07, 6.45) is 6.34. The van der Waals surface area contributed by atoms with E-state index in [9.17, 15) is 0 Å². The molecule has 1 unspecified atom stereocenters. The first kappa shape index (κ1) is 15.7. The summed E-state index contributed by atoms with van der Waals surface area (Å²) in [5.74, 6) is 7.03. The normalized spacial score (nSPS) is 12.2. The second-order valence-corrected chi connectivity index (χ2v) is 5.97. The van der Waals surface area contributed by atoms with Gasteiger partial charge in [0, 0.05) is 16.6 Å². The van der Waals surface area contributed by atoms with E-state index < -0.39 is 0 Å². The smallest absolute Gasteiger partial charge is 0.148 e. The van der Waals surface area contributed by atoms with Crippen LogP contribution in [0.25, 0.3) is 0 Å². The molecule has 0 aliphatic heterocycles. The first-order valence-electron chi connectivity index (χ1n) is 7.21. The number of rotatable bonds is 7. The van der Waals surface area contributed by atoms with Crippen LogP contribution < -0.4 is 16.6 Å². The molecule has 0 aliphatic rings. The van der Waals surface area contributed by atoms with Crippen molar-refractivity contribution in [3.8, 4) is 0 Å². The lowest BCUT2D eigenvalue weighted by molar-refractivity contribution is 0.838. The van der Waals surface area contributed by atoms with Gasteiger partial charge in [-0.25, -0.2) is 20.8 Å². The Morgan fingerprint density at radius 3 is 2.62 bits per heavy atom. The molecule has 0 saturated carbocycles. The molecule has 2 aromatic heterocycles. The summed E-state index contributed by atoms with van der Waals surface area (Å²) in [5, 5.41) is 4.49. The molecule has 6 nitrogen and oxygen atoms in total. The van der Waals surface area contributed by atoms with Gasteiger partial charge in [-0.15, -0.1) is 11.3 Å². The van der Waals surface area contributed by atoms with E-state index in [-0.39, 0.29) is 6.04 Å². The summed E-state index contributed by atoms with van der Waals surface area (Å²) in [6.45, 7) is 6.35. The molecule has 0 saturated heterocycles. The average molecular weight is 306 g/mol. The van der Waals surface area contributed by atoms with Gasteiger partial charge in [0.15, 0.2) is 0 Å². The third-order valence-electron chi connectivity index (χ3n) is 3.23. The minimum Gasteiger partial charge on any atom is -0.361 e. The molecule has 114 valence electrons. The Bertz CT molecular complexity index is 583. The first-order chi connectivity index (χ1) is 10.2. The van der Waals surface area contributed by atoms with Crippen LogP contribution in [0.4, 0.5) is 11.6 Å². The monoisotopic (exact) mass is 306 g/mol. The number of hydrogen-bond acceptors (Lipinski definition) is 7. The van der Waals surface area contributed by atoms with E-state index in [2.05, 4.69) is 46.5 Å². The molecular formula is C14H22N6S. The Labute approximate surface area is 129 Å². The van der Waals surface area contributed by atoms with E-state index in [1.807, 2.05) is 6.20 Å². The summed E-state index contributed by atoms with van der Waals surface area (Å²) < 4.78 is 0. The molecule has 2 rings (SSSR count). The molecular weight excluding hydrogens is 284 g/mol. The van der Waals surface area contributed by atoms with E-state index in [1.54, 1.807) is 11.3 Å². The maximum Gasteiger partial charge on any atom is 0.148 e. The third kappa shape index (κ3) is 3.68. The van der Waals surface area contributed by atoms with E-state index in [4.69, 9.17) is 5.84 Å². The highest BCUT2D eigenvalue weighted by atomic mass is 32.1. The van der Waals surface area contributed by atoms with Gasteiger partial charge in [-0.1, -0.05) is 20.3 Å². The second-order valence-electron chi connectivity index (χ2n) is 4.83. The molecule has 0 radical (unpaired) electrons. The fourth-order valence-electron chi connectivity index (χ4n) is 2.10. The van der Waals surface area contributed by atoms with Gasteiger partial charge in [-0.05, 0) is 19.8 Å². The van der Waals surface area contributed by atoms with Crippen LogP contribution in [0.15, 0.2) is 12.5 Å². The Morgan fingerprint density at radius 1 is 1.24 bits per heavy atom. The van der Waals surface area contributed by atoms with Crippen LogP contribution in [0.3, 0.4) is 0 Å². The molecule has 4 N–H and O–H groups in total. The maximum absolute atomic E-state index is 5.53. The molecule has 2 heterocycles. The molecule has 21 heavy (non-hydrogen) atoms. The van der Waals surface area contributed by atoms with Gasteiger partial charge in [0.05, 0.1) is 6.04 Å². The van der Waals surface area contributed by atoms with Crippen molar-refractivity contribution in [3.05, 3.63) is 28.0 Å². The molecule has 7 heteroatoms. The SMILES string of the molecule is CCCc1c(NN)ncnc1NC(C)c1ncc(CC)s1. The van der Waals surface area contributed by atoms with Crippen molar-refractivity contribution in [3.63, 3.8) is 0 Å². The summed E-state index contributed by atoms with van der Waals surface area (Å²) >= 11 is 1.73. The highest BCUT2D eigenvalue weighted by molar-refractivity contribution is 7.11. The number of nitrogens with two attached hydrogens (primary N) is 1. The van der Waals surface area contributed by atoms with Crippen molar-refractivity contribution in [2.45, 2.75) is 46.1 Å². The number of nitrogens with zero attached hydrogens (tertiary/aromatic N) is 3. The van der Waals surface area contributed by atoms with E-state index >= 15 is 0 Å². The number of aromatic nitrogens is 3. The van der Waals surface area contributed by atoms with Gasteiger partial charge < -0.3 is 10.7 Å². The van der Waals surface area contributed by atoms with Crippen molar-refractivity contribution in [2.24, 2.45) is 5.84 Å². The fraction of sp³-hybridized carbons (Fsp3) is 0.500. The molecule has 0 bridgehead atoms. The molecule has 2 aromatic rings. The van der Waals surface area contributed by atoms with Gasteiger partial charge in [0.25, 0.3) is 0 Å². The van der Waals surface area contributed by atoms with Crippen molar-refractivity contribution in [2.75, 3.05) is 10.7 Å². The molecule has 0 aromatic carbocycles. The van der Waals surface area contributed by atoms with Gasteiger partial charge >= 0.3 is 0 Å². The summed E-state index contributed by atoms with van der Waals surface area (Å²) in [7, 11) is 0. The van der Waals surface area contributed by atoms with E-state index in [1.165, 1.54) is 11.2 Å².